The highest BCUT2D eigenvalue weighted by atomic mass is 79.9. The van der Waals surface area contributed by atoms with Crippen LogP contribution in [-0.4, -0.2) is 9.78 Å². The fourth-order valence-electron chi connectivity index (χ4n) is 0.813. The molecule has 0 unspecified atom stereocenters. The topological polar surface area (TPSA) is 41.6 Å². The maximum atomic E-state index is 8.57. The van der Waals surface area contributed by atoms with E-state index in [9.17, 15) is 0 Å². The molecule has 0 aliphatic carbocycles. The first kappa shape index (κ1) is 8.28. The van der Waals surface area contributed by atoms with Crippen molar-refractivity contribution in [1.82, 2.24) is 9.78 Å². The molecule has 0 aliphatic heterocycles. The molecule has 1 rings (SSSR count). The predicted octanol–water partition coefficient (Wildman–Crippen LogP) is 1.93. The van der Waals surface area contributed by atoms with E-state index < -0.39 is 0 Å². The van der Waals surface area contributed by atoms with Crippen molar-refractivity contribution >= 4 is 15.9 Å². The fourth-order valence-corrected chi connectivity index (χ4v) is 1.27. The Hall–Kier alpha value is -0.820. The van der Waals surface area contributed by atoms with Gasteiger partial charge in [-0.15, -0.1) is 0 Å². The average Bonchev–Trinajstić information content (AvgIpc) is 2.34. The molecule has 0 aromatic carbocycles. The Morgan fingerprint density at radius 1 is 1.82 bits per heavy atom. The summed E-state index contributed by atoms with van der Waals surface area (Å²) in [5, 5.41) is 12.6. The van der Waals surface area contributed by atoms with E-state index in [1.54, 1.807) is 10.9 Å². The zero-order chi connectivity index (χ0) is 8.27. The normalized spacial score (nSPS) is 9.55. The molecule has 0 radical (unpaired) electrons. The molecule has 3 nitrogen and oxygen atoms in total. The van der Waals surface area contributed by atoms with E-state index in [2.05, 4.69) is 28.0 Å². The van der Waals surface area contributed by atoms with Gasteiger partial charge in [0.1, 0.15) is 16.2 Å². The molecule has 58 valence electrons. The highest BCUT2D eigenvalue weighted by molar-refractivity contribution is 9.10. The van der Waals surface area contributed by atoms with Gasteiger partial charge < -0.3 is 0 Å². The largest absolute Gasteiger partial charge is 0.257 e. The molecular weight excluding hydrogens is 206 g/mol. The van der Waals surface area contributed by atoms with E-state index in [-0.39, 0.29) is 0 Å². The first-order valence-corrected chi connectivity index (χ1v) is 4.20. The molecule has 11 heavy (non-hydrogen) atoms. The number of hydrogen-bond acceptors (Lipinski definition) is 2. The average molecular weight is 214 g/mol. The molecule has 1 heterocycles. The first-order valence-electron chi connectivity index (χ1n) is 3.41. The summed E-state index contributed by atoms with van der Waals surface area (Å²) in [6.07, 6.45) is 2.59. The van der Waals surface area contributed by atoms with E-state index in [1.165, 1.54) is 0 Å². The first-order chi connectivity index (χ1) is 5.29. The molecule has 0 saturated heterocycles. The van der Waals surface area contributed by atoms with Gasteiger partial charge >= 0.3 is 0 Å². The SMILES string of the molecule is CCCn1ncc(C#N)c1Br. The monoisotopic (exact) mass is 213 g/mol. The molecule has 0 aliphatic rings. The molecule has 0 atom stereocenters. The predicted molar refractivity (Wildman–Crippen MR) is 44.9 cm³/mol. The number of halogens is 1. The lowest BCUT2D eigenvalue weighted by Crippen LogP contribution is -1.98. The van der Waals surface area contributed by atoms with Crippen molar-refractivity contribution in [3.05, 3.63) is 16.4 Å². The minimum Gasteiger partial charge on any atom is -0.257 e. The number of aryl methyl sites for hydroxylation is 1. The minimum absolute atomic E-state index is 0.596. The van der Waals surface area contributed by atoms with E-state index in [1.807, 2.05) is 6.07 Å². The van der Waals surface area contributed by atoms with Crippen LogP contribution in [0.5, 0.6) is 0 Å². The quantitative estimate of drug-likeness (QED) is 0.754. The van der Waals surface area contributed by atoms with Crippen LogP contribution in [0, 0.1) is 11.3 Å². The van der Waals surface area contributed by atoms with Crippen molar-refractivity contribution in [2.45, 2.75) is 19.9 Å². The van der Waals surface area contributed by atoms with E-state index in [0.717, 1.165) is 17.6 Å². The zero-order valence-electron chi connectivity index (χ0n) is 6.21. The van der Waals surface area contributed by atoms with Crippen LogP contribution in [-0.2, 0) is 6.54 Å². The molecule has 0 bridgehead atoms. The van der Waals surface area contributed by atoms with Gasteiger partial charge in [-0.05, 0) is 22.4 Å². The molecule has 0 N–H and O–H groups in total. The summed E-state index contributed by atoms with van der Waals surface area (Å²) in [6, 6.07) is 2.04. The van der Waals surface area contributed by atoms with Crippen molar-refractivity contribution in [1.29, 1.82) is 5.26 Å². The highest BCUT2D eigenvalue weighted by Gasteiger charge is 2.04. The van der Waals surface area contributed by atoms with Crippen LogP contribution < -0.4 is 0 Å². The molecule has 0 saturated carbocycles. The van der Waals surface area contributed by atoms with Crippen LogP contribution in [0.2, 0.25) is 0 Å². The molecule has 0 fully saturated rings. The van der Waals surface area contributed by atoms with Gasteiger partial charge in [-0.25, -0.2) is 0 Å². The number of nitriles is 1. The molecule has 0 amide bonds. The van der Waals surface area contributed by atoms with Gasteiger partial charge in [0.05, 0.1) is 6.20 Å². The summed E-state index contributed by atoms with van der Waals surface area (Å²) in [5.41, 5.74) is 0.596. The lowest BCUT2D eigenvalue weighted by molar-refractivity contribution is 0.591. The lowest BCUT2D eigenvalue weighted by atomic mass is 10.4. The zero-order valence-corrected chi connectivity index (χ0v) is 7.80. The maximum absolute atomic E-state index is 8.57. The Morgan fingerprint density at radius 2 is 2.55 bits per heavy atom. The highest BCUT2D eigenvalue weighted by Crippen LogP contribution is 2.14. The number of nitrogens with zero attached hydrogens (tertiary/aromatic N) is 3. The summed E-state index contributed by atoms with van der Waals surface area (Å²) in [6.45, 7) is 2.92. The van der Waals surface area contributed by atoms with Crippen molar-refractivity contribution in [3.8, 4) is 6.07 Å². The molecule has 0 spiro atoms. The Kier molecular flexibility index (Phi) is 2.66. The third-order valence-corrected chi connectivity index (χ3v) is 2.17. The van der Waals surface area contributed by atoms with Gasteiger partial charge in [0, 0.05) is 6.54 Å². The molecule has 4 heteroatoms. The van der Waals surface area contributed by atoms with E-state index >= 15 is 0 Å². The number of hydrogen-bond donors (Lipinski definition) is 0. The molecule has 1 aromatic rings. The Labute approximate surface area is 73.8 Å². The van der Waals surface area contributed by atoms with Gasteiger partial charge in [-0.1, -0.05) is 6.92 Å². The number of aromatic nitrogens is 2. The Bertz CT molecular complexity index is 284. The summed E-state index contributed by atoms with van der Waals surface area (Å²) in [7, 11) is 0. The van der Waals surface area contributed by atoms with Crippen molar-refractivity contribution in [3.63, 3.8) is 0 Å². The van der Waals surface area contributed by atoms with Crippen LogP contribution in [0.3, 0.4) is 0 Å². The van der Waals surface area contributed by atoms with Crippen molar-refractivity contribution < 1.29 is 0 Å². The summed E-state index contributed by atoms with van der Waals surface area (Å²) >= 11 is 3.29. The van der Waals surface area contributed by atoms with Crippen molar-refractivity contribution in [2.75, 3.05) is 0 Å². The molecular formula is C7H8BrN3. The van der Waals surface area contributed by atoms with E-state index in [4.69, 9.17) is 5.26 Å². The standard InChI is InChI=1S/C7H8BrN3/c1-2-3-11-7(8)6(4-9)5-10-11/h5H,2-3H2,1H3. The smallest absolute Gasteiger partial charge is 0.121 e. The fraction of sp³-hybridized carbons (Fsp3) is 0.429. The van der Waals surface area contributed by atoms with Gasteiger partial charge in [-0.3, -0.25) is 4.68 Å². The lowest BCUT2D eigenvalue weighted by Gasteiger charge is -1.97. The summed E-state index contributed by atoms with van der Waals surface area (Å²) in [5.74, 6) is 0. The second-order valence-electron chi connectivity index (χ2n) is 2.18. The van der Waals surface area contributed by atoms with Gasteiger partial charge in [-0.2, -0.15) is 10.4 Å². The van der Waals surface area contributed by atoms with Crippen LogP contribution >= 0.6 is 15.9 Å². The Morgan fingerprint density at radius 3 is 3.00 bits per heavy atom. The second kappa shape index (κ2) is 3.54. The van der Waals surface area contributed by atoms with Gasteiger partial charge in [0.25, 0.3) is 0 Å². The third kappa shape index (κ3) is 1.60. The van der Waals surface area contributed by atoms with Crippen molar-refractivity contribution in [2.24, 2.45) is 0 Å². The van der Waals surface area contributed by atoms with E-state index in [0.29, 0.717) is 5.56 Å². The molecule has 1 aromatic heterocycles. The van der Waals surface area contributed by atoms with Crippen LogP contribution in [0.25, 0.3) is 0 Å². The number of rotatable bonds is 2. The van der Waals surface area contributed by atoms with Crippen LogP contribution in [0.15, 0.2) is 10.8 Å². The third-order valence-electron chi connectivity index (χ3n) is 1.33. The van der Waals surface area contributed by atoms with Gasteiger partial charge in [0.2, 0.25) is 0 Å². The Balaban J connectivity index is 2.93. The second-order valence-corrected chi connectivity index (χ2v) is 2.94. The van der Waals surface area contributed by atoms with Gasteiger partial charge in [0.15, 0.2) is 0 Å². The summed E-state index contributed by atoms with van der Waals surface area (Å²) in [4.78, 5) is 0. The maximum Gasteiger partial charge on any atom is 0.121 e. The van der Waals surface area contributed by atoms with Crippen LogP contribution in [0.4, 0.5) is 0 Å². The van der Waals surface area contributed by atoms with Crippen LogP contribution in [0.1, 0.15) is 18.9 Å². The minimum atomic E-state index is 0.596. The summed E-state index contributed by atoms with van der Waals surface area (Å²) < 4.78 is 2.56.